The molecule has 1 aromatic carbocycles. The molecular weight excluding hydrogens is 248 g/mol. The van der Waals surface area contributed by atoms with Crippen LogP contribution in [-0.2, 0) is 4.74 Å². The molecule has 0 spiro atoms. The second-order valence-corrected chi connectivity index (χ2v) is 5.26. The summed E-state index contributed by atoms with van der Waals surface area (Å²) in [5.74, 6) is -0.637. The van der Waals surface area contributed by atoms with E-state index in [1.165, 1.54) is 0 Å². The average molecular weight is 269 g/mol. The van der Waals surface area contributed by atoms with Gasteiger partial charge in [0.2, 0.25) is 0 Å². The summed E-state index contributed by atoms with van der Waals surface area (Å²) in [5.41, 5.74) is 0.962. The van der Waals surface area contributed by atoms with Crippen LogP contribution >= 0.6 is 0 Å². The van der Waals surface area contributed by atoms with E-state index in [2.05, 4.69) is 12.2 Å². The van der Waals surface area contributed by atoms with Crippen molar-refractivity contribution in [1.29, 1.82) is 0 Å². The summed E-state index contributed by atoms with van der Waals surface area (Å²) in [6.45, 7) is 7.15. The van der Waals surface area contributed by atoms with E-state index in [9.17, 15) is 8.78 Å². The SMILES string of the molecule is CCNC(c1cc(C)c(F)cc1F)C1OCCC1C. The van der Waals surface area contributed by atoms with Gasteiger partial charge < -0.3 is 10.1 Å². The molecule has 0 aromatic heterocycles. The number of benzene rings is 1. The maximum atomic E-state index is 14.0. The minimum absolute atomic E-state index is 0.0562. The molecule has 0 radical (unpaired) electrons. The number of likely N-dealkylation sites (N-methyl/N-ethyl adjacent to an activating group) is 1. The van der Waals surface area contributed by atoms with Crippen molar-refractivity contribution in [2.24, 2.45) is 5.92 Å². The maximum absolute atomic E-state index is 14.0. The Kier molecular flexibility index (Phi) is 4.53. The van der Waals surface area contributed by atoms with E-state index < -0.39 is 11.6 Å². The van der Waals surface area contributed by atoms with Crippen LogP contribution in [0, 0.1) is 24.5 Å². The fraction of sp³-hybridized carbons (Fsp3) is 0.600. The molecule has 19 heavy (non-hydrogen) atoms. The Labute approximate surface area is 113 Å². The van der Waals surface area contributed by atoms with Gasteiger partial charge in [-0.2, -0.15) is 0 Å². The van der Waals surface area contributed by atoms with Crippen LogP contribution < -0.4 is 5.32 Å². The molecule has 1 fully saturated rings. The predicted molar refractivity (Wildman–Crippen MR) is 71.0 cm³/mol. The van der Waals surface area contributed by atoms with E-state index in [1.54, 1.807) is 13.0 Å². The zero-order chi connectivity index (χ0) is 14.0. The third-order valence-electron chi connectivity index (χ3n) is 3.81. The summed E-state index contributed by atoms with van der Waals surface area (Å²) >= 11 is 0. The van der Waals surface area contributed by atoms with Crippen molar-refractivity contribution in [2.75, 3.05) is 13.2 Å². The molecule has 1 N–H and O–H groups in total. The van der Waals surface area contributed by atoms with E-state index in [1.807, 2.05) is 6.92 Å². The van der Waals surface area contributed by atoms with Gasteiger partial charge in [-0.1, -0.05) is 13.8 Å². The molecule has 1 aromatic rings. The molecule has 0 amide bonds. The standard InChI is InChI=1S/C15H21F2NO/c1-4-18-14(15-9(2)5-6-19-15)11-7-10(3)12(16)8-13(11)17/h7-9,14-15,18H,4-6H2,1-3H3. The lowest BCUT2D eigenvalue weighted by molar-refractivity contribution is 0.0600. The van der Waals surface area contributed by atoms with Crippen molar-refractivity contribution in [1.82, 2.24) is 5.32 Å². The minimum atomic E-state index is -0.503. The van der Waals surface area contributed by atoms with Crippen LogP contribution in [0.3, 0.4) is 0 Å². The molecule has 0 aliphatic carbocycles. The van der Waals surface area contributed by atoms with E-state index in [0.29, 0.717) is 30.2 Å². The fourth-order valence-corrected chi connectivity index (χ4v) is 2.68. The van der Waals surface area contributed by atoms with Crippen molar-refractivity contribution in [3.8, 4) is 0 Å². The fourth-order valence-electron chi connectivity index (χ4n) is 2.68. The highest BCUT2D eigenvalue weighted by molar-refractivity contribution is 5.29. The lowest BCUT2D eigenvalue weighted by Crippen LogP contribution is -2.35. The van der Waals surface area contributed by atoms with Gasteiger partial charge in [-0.05, 0) is 37.4 Å². The van der Waals surface area contributed by atoms with E-state index in [4.69, 9.17) is 4.74 Å². The number of rotatable bonds is 4. The van der Waals surface area contributed by atoms with Crippen molar-refractivity contribution in [3.05, 3.63) is 34.9 Å². The van der Waals surface area contributed by atoms with Gasteiger partial charge in [0.25, 0.3) is 0 Å². The first-order chi connectivity index (χ1) is 9.04. The largest absolute Gasteiger partial charge is 0.376 e. The van der Waals surface area contributed by atoms with Crippen molar-refractivity contribution in [3.63, 3.8) is 0 Å². The molecule has 4 heteroatoms. The van der Waals surface area contributed by atoms with Crippen LogP contribution in [0.2, 0.25) is 0 Å². The van der Waals surface area contributed by atoms with Gasteiger partial charge in [0, 0.05) is 18.2 Å². The van der Waals surface area contributed by atoms with Crippen LogP contribution in [-0.4, -0.2) is 19.3 Å². The summed E-state index contributed by atoms with van der Waals surface area (Å²) in [6.07, 6.45) is 0.924. The van der Waals surface area contributed by atoms with E-state index in [0.717, 1.165) is 12.5 Å². The summed E-state index contributed by atoms with van der Waals surface area (Å²) in [7, 11) is 0. The predicted octanol–water partition coefficient (Wildman–Crippen LogP) is 3.35. The zero-order valence-electron chi connectivity index (χ0n) is 11.7. The number of aryl methyl sites for hydroxylation is 1. The highest BCUT2D eigenvalue weighted by atomic mass is 19.1. The lowest BCUT2D eigenvalue weighted by atomic mass is 9.91. The Morgan fingerprint density at radius 1 is 1.37 bits per heavy atom. The summed E-state index contributed by atoms with van der Waals surface area (Å²) < 4.78 is 33.2. The Bertz CT molecular complexity index is 450. The topological polar surface area (TPSA) is 21.3 Å². The molecule has 0 bridgehead atoms. The van der Waals surface area contributed by atoms with Gasteiger partial charge >= 0.3 is 0 Å². The normalized spacial score (nSPS) is 24.7. The molecule has 3 unspecified atom stereocenters. The monoisotopic (exact) mass is 269 g/mol. The molecule has 106 valence electrons. The van der Waals surface area contributed by atoms with Crippen LogP contribution in [0.25, 0.3) is 0 Å². The zero-order valence-corrected chi connectivity index (χ0v) is 11.7. The number of halogens is 2. The van der Waals surface area contributed by atoms with Gasteiger partial charge in [0.15, 0.2) is 0 Å². The molecule has 3 atom stereocenters. The Morgan fingerprint density at radius 2 is 2.11 bits per heavy atom. The smallest absolute Gasteiger partial charge is 0.131 e. The number of nitrogens with one attached hydrogen (secondary N) is 1. The quantitative estimate of drug-likeness (QED) is 0.905. The Hall–Kier alpha value is -1.00. The first-order valence-corrected chi connectivity index (χ1v) is 6.85. The highest BCUT2D eigenvalue weighted by Gasteiger charge is 2.34. The van der Waals surface area contributed by atoms with E-state index in [-0.39, 0.29) is 12.1 Å². The molecule has 1 aliphatic rings. The highest BCUT2D eigenvalue weighted by Crippen LogP contribution is 2.33. The third-order valence-corrected chi connectivity index (χ3v) is 3.81. The number of ether oxygens (including phenoxy) is 1. The van der Waals surface area contributed by atoms with Crippen molar-refractivity contribution in [2.45, 2.75) is 39.3 Å². The Balaban J connectivity index is 2.35. The molecule has 1 saturated heterocycles. The van der Waals surface area contributed by atoms with Crippen LogP contribution in [0.5, 0.6) is 0 Å². The first kappa shape index (κ1) is 14.4. The third kappa shape index (κ3) is 2.95. The molecular formula is C15H21F2NO. The van der Waals surface area contributed by atoms with Crippen LogP contribution in [0.15, 0.2) is 12.1 Å². The average Bonchev–Trinajstić information content (AvgIpc) is 2.77. The minimum Gasteiger partial charge on any atom is -0.376 e. The first-order valence-electron chi connectivity index (χ1n) is 6.85. The second kappa shape index (κ2) is 5.97. The summed E-state index contributed by atoms with van der Waals surface area (Å²) in [5, 5.41) is 3.27. The molecule has 1 aliphatic heterocycles. The summed E-state index contributed by atoms with van der Waals surface area (Å²) in [6, 6.07) is 2.34. The maximum Gasteiger partial charge on any atom is 0.131 e. The Morgan fingerprint density at radius 3 is 2.68 bits per heavy atom. The van der Waals surface area contributed by atoms with Gasteiger partial charge in [0.05, 0.1) is 12.1 Å². The van der Waals surface area contributed by atoms with Crippen molar-refractivity contribution >= 4 is 0 Å². The van der Waals surface area contributed by atoms with Gasteiger partial charge in [0.1, 0.15) is 11.6 Å². The number of hydrogen-bond donors (Lipinski definition) is 1. The molecule has 1 heterocycles. The van der Waals surface area contributed by atoms with Crippen LogP contribution in [0.4, 0.5) is 8.78 Å². The van der Waals surface area contributed by atoms with E-state index >= 15 is 0 Å². The molecule has 2 rings (SSSR count). The second-order valence-electron chi connectivity index (χ2n) is 5.26. The van der Waals surface area contributed by atoms with Crippen LogP contribution in [0.1, 0.15) is 37.4 Å². The van der Waals surface area contributed by atoms with Crippen molar-refractivity contribution < 1.29 is 13.5 Å². The lowest BCUT2D eigenvalue weighted by Gasteiger charge is -2.28. The molecule has 2 nitrogen and oxygen atoms in total. The summed E-state index contributed by atoms with van der Waals surface area (Å²) in [4.78, 5) is 0. The number of hydrogen-bond acceptors (Lipinski definition) is 2. The molecule has 0 saturated carbocycles. The van der Waals surface area contributed by atoms with Gasteiger partial charge in [-0.3, -0.25) is 0 Å². The van der Waals surface area contributed by atoms with Gasteiger partial charge in [-0.15, -0.1) is 0 Å². The van der Waals surface area contributed by atoms with Gasteiger partial charge in [-0.25, -0.2) is 8.78 Å².